The van der Waals surface area contributed by atoms with Crippen molar-refractivity contribution in [1.82, 2.24) is 4.90 Å². The highest BCUT2D eigenvalue weighted by Gasteiger charge is 2.37. The van der Waals surface area contributed by atoms with Crippen LogP contribution in [0.3, 0.4) is 0 Å². The van der Waals surface area contributed by atoms with Crippen LogP contribution < -0.4 is 0 Å². The maximum absolute atomic E-state index is 13.0. The zero-order chi connectivity index (χ0) is 14.8. The number of nitrogens with zero attached hydrogens (tertiary/aromatic N) is 1. The Morgan fingerprint density at radius 1 is 1.45 bits per heavy atom. The summed E-state index contributed by atoms with van der Waals surface area (Å²) in [6.45, 7) is 2.66. The fraction of sp³-hybridized carbons (Fsp3) is 0.533. The number of aryl methyl sites for hydroxylation is 1. The highest BCUT2D eigenvalue weighted by molar-refractivity contribution is 6.34. The second-order valence-corrected chi connectivity index (χ2v) is 5.80. The number of ketones is 1. The molecule has 110 valence electrons. The summed E-state index contributed by atoms with van der Waals surface area (Å²) in [6.07, 6.45) is 0.842. The summed E-state index contributed by atoms with van der Waals surface area (Å²) in [4.78, 5) is 13.7. The molecule has 0 N–H and O–H groups in total. The third kappa shape index (κ3) is 4.00. The summed E-state index contributed by atoms with van der Waals surface area (Å²) < 4.78 is 26.0. The summed E-state index contributed by atoms with van der Waals surface area (Å²) in [7, 11) is 0. The van der Waals surface area contributed by atoms with E-state index < -0.39 is 5.92 Å². The summed E-state index contributed by atoms with van der Waals surface area (Å²) >= 11 is 6.04. The van der Waals surface area contributed by atoms with Crippen molar-refractivity contribution in [2.75, 3.05) is 19.6 Å². The van der Waals surface area contributed by atoms with Crippen LogP contribution in [0.15, 0.2) is 18.2 Å². The molecule has 1 saturated heterocycles. The van der Waals surface area contributed by atoms with Gasteiger partial charge in [0.15, 0.2) is 5.78 Å². The van der Waals surface area contributed by atoms with Crippen LogP contribution in [-0.2, 0) is 0 Å². The number of halogens is 3. The number of hydrogen-bond acceptors (Lipinski definition) is 2. The number of rotatable bonds is 5. The first-order valence-corrected chi connectivity index (χ1v) is 7.15. The van der Waals surface area contributed by atoms with Gasteiger partial charge in [0.2, 0.25) is 0 Å². The van der Waals surface area contributed by atoms with Crippen LogP contribution in [0.1, 0.15) is 35.2 Å². The molecule has 1 aromatic carbocycles. The maximum atomic E-state index is 13.0. The van der Waals surface area contributed by atoms with E-state index in [4.69, 9.17) is 11.6 Å². The van der Waals surface area contributed by atoms with Gasteiger partial charge in [0, 0.05) is 24.9 Å². The highest BCUT2D eigenvalue weighted by atomic mass is 35.5. The normalized spacial score (nSPS) is 18.4. The number of benzene rings is 1. The number of Topliss-reactive ketones (excluding diaryl/α,β-unsaturated/α-hetero) is 1. The Labute approximate surface area is 122 Å². The van der Waals surface area contributed by atoms with E-state index in [1.807, 2.05) is 13.0 Å². The number of alkyl halides is 2. The number of likely N-dealkylation sites (tertiary alicyclic amines) is 1. The van der Waals surface area contributed by atoms with E-state index >= 15 is 0 Å². The quantitative estimate of drug-likeness (QED) is 0.768. The molecule has 0 bridgehead atoms. The molecular formula is C15H18ClF2NO. The topological polar surface area (TPSA) is 20.3 Å². The van der Waals surface area contributed by atoms with E-state index in [0.29, 0.717) is 36.5 Å². The van der Waals surface area contributed by atoms with Gasteiger partial charge in [-0.05, 0) is 37.6 Å². The van der Waals surface area contributed by atoms with E-state index in [-0.39, 0.29) is 18.7 Å². The van der Waals surface area contributed by atoms with Crippen LogP contribution in [-0.4, -0.2) is 36.2 Å². The average Bonchev–Trinajstić information content (AvgIpc) is 2.68. The SMILES string of the molecule is Cc1ccc(C(=O)CCCN2CCC(F)(F)C2)c(Cl)c1. The minimum absolute atomic E-state index is 0.0269. The van der Waals surface area contributed by atoms with Gasteiger partial charge in [-0.1, -0.05) is 17.7 Å². The lowest BCUT2D eigenvalue weighted by atomic mass is 10.0. The van der Waals surface area contributed by atoms with Crippen LogP contribution in [0.5, 0.6) is 0 Å². The second-order valence-electron chi connectivity index (χ2n) is 5.39. The Bertz CT molecular complexity index is 505. The minimum Gasteiger partial charge on any atom is -0.297 e. The first-order chi connectivity index (χ1) is 9.37. The van der Waals surface area contributed by atoms with Crippen molar-refractivity contribution in [3.63, 3.8) is 0 Å². The monoisotopic (exact) mass is 301 g/mol. The Hall–Kier alpha value is -1.00. The van der Waals surface area contributed by atoms with Crippen LogP contribution in [0.2, 0.25) is 5.02 Å². The molecule has 1 heterocycles. The van der Waals surface area contributed by atoms with Crippen molar-refractivity contribution < 1.29 is 13.6 Å². The van der Waals surface area contributed by atoms with Gasteiger partial charge in [0.25, 0.3) is 5.92 Å². The fourth-order valence-corrected chi connectivity index (χ4v) is 2.78. The molecule has 0 aliphatic carbocycles. The predicted octanol–water partition coefficient (Wildman–Crippen LogP) is 3.95. The van der Waals surface area contributed by atoms with Crippen molar-refractivity contribution in [3.05, 3.63) is 34.3 Å². The average molecular weight is 302 g/mol. The molecular weight excluding hydrogens is 284 g/mol. The molecule has 0 amide bonds. The molecule has 0 spiro atoms. The summed E-state index contributed by atoms with van der Waals surface area (Å²) in [5.74, 6) is -2.59. The number of carbonyl (C=O) groups is 1. The Morgan fingerprint density at radius 2 is 2.20 bits per heavy atom. The summed E-state index contributed by atoms with van der Waals surface area (Å²) in [5, 5.41) is 0.461. The second kappa shape index (κ2) is 6.19. The van der Waals surface area contributed by atoms with E-state index in [0.717, 1.165) is 5.56 Å². The zero-order valence-electron chi connectivity index (χ0n) is 11.5. The molecule has 0 aromatic heterocycles. The molecule has 0 unspecified atom stereocenters. The lowest BCUT2D eigenvalue weighted by Gasteiger charge is -2.15. The molecule has 0 radical (unpaired) electrons. The molecule has 2 nitrogen and oxygen atoms in total. The first-order valence-electron chi connectivity index (χ1n) is 6.77. The first kappa shape index (κ1) is 15.4. The van der Waals surface area contributed by atoms with Gasteiger partial charge in [-0.15, -0.1) is 0 Å². The predicted molar refractivity (Wildman–Crippen MR) is 75.8 cm³/mol. The minimum atomic E-state index is -2.57. The zero-order valence-corrected chi connectivity index (χ0v) is 12.2. The standard InChI is InChI=1S/C15H18ClF2NO/c1-11-4-5-12(13(16)9-11)14(20)3-2-7-19-8-6-15(17,18)10-19/h4-5,9H,2-3,6-8,10H2,1H3. The third-order valence-electron chi connectivity index (χ3n) is 3.55. The van der Waals surface area contributed by atoms with Crippen molar-refractivity contribution in [2.45, 2.75) is 32.1 Å². The fourth-order valence-electron chi connectivity index (χ4n) is 2.44. The molecule has 1 aliphatic heterocycles. The Kier molecular flexibility index (Phi) is 4.76. The molecule has 20 heavy (non-hydrogen) atoms. The van der Waals surface area contributed by atoms with E-state index in [9.17, 15) is 13.6 Å². The van der Waals surface area contributed by atoms with Crippen molar-refractivity contribution in [2.24, 2.45) is 0 Å². The number of hydrogen-bond donors (Lipinski definition) is 0. The number of carbonyl (C=O) groups excluding carboxylic acids is 1. The lowest BCUT2D eigenvalue weighted by molar-refractivity contribution is 0.0122. The van der Waals surface area contributed by atoms with Crippen molar-refractivity contribution >= 4 is 17.4 Å². The van der Waals surface area contributed by atoms with Crippen LogP contribution in [0.25, 0.3) is 0 Å². The molecule has 5 heteroatoms. The largest absolute Gasteiger partial charge is 0.297 e. The highest BCUT2D eigenvalue weighted by Crippen LogP contribution is 2.27. The Morgan fingerprint density at radius 3 is 2.80 bits per heavy atom. The molecule has 1 aliphatic rings. The maximum Gasteiger partial charge on any atom is 0.261 e. The van der Waals surface area contributed by atoms with Gasteiger partial charge in [0.1, 0.15) is 0 Å². The van der Waals surface area contributed by atoms with Gasteiger partial charge in [-0.25, -0.2) is 8.78 Å². The van der Waals surface area contributed by atoms with E-state index in [2.05, 4.69) is 0 Å². The molecule has 0 atom stereocenters. The van der Waals surface area contributed by atoms with Gasteiger partial charge >= 0.3 is 0 Å². The Balaban J connectivity index is 1.81. The van der Waals surface area contributed by atoms with Gasteiger partial charge in [-0.3, -0.25) is 9.69 Å². The summed E-state index contributed by atoms with van der Waals surface area (Å²) in [6, 6.07) is 5.33. The molecule has 1 aromatic rings. The van der Waals surface area contributed by atoms with Gasteiger partial charge in [-0.2, -0.15) is 0 Å². The van der Waals surface area contributed by atoms with Crippen molar-refractivity contribution in [1.29, 1.82) is 0 Å². The third-order valence-corrected chi connectivity index (χ3v) is 3.86. The molecule has 0 saturated carbocycles. The molecule has 1 fully saturated rings. The molecule has 2 rings (SSSR count). The smallest absolute Gasteiger partial charge is 0.261 e. The van der Waals surface area contributed by atoms with E-state index in [1.54, 1.807) is 17.0 Å². The lowest BCUT2D eigenvalue weighted by Crippen LogP contribution is -2.26. The van der Waals surface area contributed by atoms with Crippen LogP contribution in [0.4, 0.5) is 8.78 Å². The van der Waals surface area contributed by atoms with E-state index in [1.165, 1.54) is 0 Å². The van der Waals surface area contributed by atoms with Crippen LogP contribution in [0, 0.1) is 6.92 Å². The van der Waals surface area contributed by atoms with Gasteiger partial charge < -0.3 is 0 Å². The van der Waals surface area contributed by atoms with Crippen molar-refractivity contribution in [3.8, 4) is 0 Å². The van der Waals surface area contributed by atoms with Gasteiger partial charge in [0.05, 0.1) is 11.6 Å². The van der Waals surface area contributed by atoms with Crippen LogP contribution >= 0.6 is 11.6 Å². The summed E-state index contributed by atoms with van der Waals surface area (Å²) in [5.41, 5.74) is 1.52.